The number of carbonyl (C=O) groups is 1. The van der Waals surface area contributed by atoms with Crippen LogP contribution in [-0.2, 0) is 16.1 Å². The molecule has 23 heavy (non-hydrogen) atoms. The van der Waals surface area contributed by atoms with Crippen LogP contribution in [0.2, 0.25) is 0 Å². The Balaban J connectivity index is 1.74. The molecule has 0 radical (unpaired) electrons. The summed E-state index contributed by atoms with van der Waals surface area (Å²) in [4.78, 5) is 19.3. The third-order valence-corrected chi connectivity index (χ3v) is 5.08. The molecule has 0 saturated carbocycles. The Kier molecular flexibility index (Phi) is 4.97. The lowest BCUT2D eigenvalue weighted by atomic mass is 9.71. The average Bonchev–Trinajstić information content (AvgIpc) is 2.86. The molecule has 5 heteroatoms. The van der Waals surface area contributed by atoms with E-state index < -0.39 is 0 Å². The molecule has 2 aliphatic heterocycles. The molecule has 0 aromatic carbocycles. The number of ether oxygens (including phenoxy) is 1. The molecule has 1 atom stereocenters. The van der Waals surface area contributed by atoms with E-state index in [1.165, 1.54) is 5.56 Å². The quantitative estimate of drug-likeness (QED) is 0.920. The van der Waals surface area contributed by atoms with Gasteiger partial charge < -0.3 is 10.1 Å². The van der Waals surface area contributed by atoms with Crippen molar-refractivity contribution in [2.45, 2.75) is 39.3 Å². The first kappa shape index (κ1) is 16.4. The van der Waals surface area contributed by atoms with Crippen LogP contribution in [0, 0.1) is 11.3 Å². The molecular formula is C18H27N3O2. The van der Waals surface area contributed by atoms with Crippen LogP contribution >= 0.6 is 0 Å². The standard InChI is InChI=1S/C18H27N3O2/c1-14(2)20-17(22)16-12-21(11-15-4-3-7-19-10-15)13-18(16)5-8-23-9-6-18/h3-4,7,10,14,16H,5-6,8-9,11-13H2,1-2H3,(H,20,22). The first-order chi connectivity index (χ1) is 11.1. The Labute approximate surface area is 138 Å². The fraction of sp³-hybridized carbons (Fsp3) is 0.667. The fourth-order valence-corrected chi connectivity index (χ4v) is 3.97. The minimum absolute atomic E-state index is 0.0606. The Hall–Kier alpha value is -1.46. The number of rotatable bonds is 4. The monoisotopic (exact) mass is 317 g/mol. The lowest BCUT2D eigenvalue weighted by Crippen LogP contribution is -2.46. The highest BCUT2D eigenvalue weighted by molar-refractivity contribution is 5.80. The topological polar surface area (TPSA) is 54.5 Å². The predicted octanol–water partition coefficient (Wildman–Crippen LogP) is 1.83. The molecule has 1 spiro atoms. The smallest absolute Gasteiger partial charge is 0.225 e. The molecule has 1 amide bonds. The number of aromatic nitrogens is 1. The summed E-state index contributed by atoms with van der Waals surface area (Å²) in [7, 11) is 0. The maximum Gasteiger partial charge on any atom is 0.225 e. The summed E-state index contributed by atoms with van der Waals surface area (Å²) in [6.07, 6.45) is 5.67. The summed E-state index contributed by atoms with van der Waals surface area (Å²) in [5.41, 5.74) is 1.28. The molecule has 5 nitrogen and oxygen atoms in total. The number of nitrogens with one attached hydrogen (secondary N) is 1. The minimum atomic E-state index is 0.0606. The van der Waals surface area contributed by atoms with Gasteiger partial charge in [0.1, 0.15) is 0 Å². The number of likely N-dealkylation sites (tertiary alicyclic amines) is 1. The van der Waals surface area contributed by atoms with Gasteiger partial charge in [0, 0.05) is 56.7 Å². The molecule has 3 rings (SSSR count). The maximum absolute atomic E-state index is 12.7. The zero-order chi connectivity index (χ0) is 16.3. The highest BCUT2D eigenvalue weighted by Gasteiger charge is 2.50. The summed E-state index contributed by atoms with van der Waals surface area (Å²) < 4.78 is 5.56. The molecule has 3 heterocycles. The third-order valence-electron chi connectivity index (χ3n) is 5.08. The van der Waals surface area contributed by atoms with Crippen molar-refractivity contribution in [3.05, 3.63) is 30.1 Å². The average molecular weight is 317 g/mol. The normalized spacial score (nSPS) is 24.2. The van der Waals surface area contributed by atoms with E-state index in [4.69, 9.17) is 4.74 Å². The van der Waals surface area contributed by atoms with E-state index in [1.54, 1.807) is 6.20 Å². The van der Waals surface area contributed by atoms with Crippen LogP contribution in [0.4, 0.5) is 0 Å². The van der Waals surface area contributed by atoms with Gasteiger partial charge >= 0.3 is 0 Å². The van der Waals surface area contributed by atoms with Crippen molar-refractivity contribution >= 4 is 5.91 Å². The second kappa shape index (κ2) is 6.97. The van der Waals surface area contributed by atoms with E-state index in [2.05, 4.69) is 21.3 Å². The fourth-order valence-electron chi connectivity index (χ4n) is 3.97. The first-order valence-electron chi connectivity index (χ1n) is 8.58. The Morgan fingerprint density at radius 3 is 2.91 bits per heavy atom. The first-order valence-corrected chi connectivity index (χ1v) is 8.58. The number of hydrogen-bond acceptors (Lipinski definition) is 4. The second-order valence-electron chi connectivity index (χ2n) is 7.22. The summed E-state index contributed by atoms with van der Waals surface area (Å²) in [6.45, 7) is 8.25. The van der Waals surface area contributed by atoms with Crippen LogP contribution < -0.4 is 5.32 Å². The molecule has 1 aromatic rings. The van der Waals surface area contributed by atoms with Gasteiger partial charge in [-0.1, -0.05) is 6.07 Å². The highest BCUT2D eigenvalue weighted by Crippen LogP contribution is 2.44. The van der Waals surface area contributed by atoms with E-state index in [9.17, 15) is 4.79 Å². The van der Waals surface area contributed by atoms with Gasteiger partial charge in [-0.25, -0.2) is 0 Å². The van der Waals surface area contributed by atoms with E-state index in [0.29, 0.717) is 0 Å². The zero-order valence-electron chi connectivity index (χ0n) is 14.1. The van der Waals surface area contributed by atoms with Crippen molar-refractivity contribution < 1.29 is 9.53 Å². The molecule has 1 unspecified atom stereocenters. The molecular weight excluding hydrogens is 290 g/mol. The molecule has 0 bridgehead atoms. The Morgan fingerprint density at radius 2 is 2.26 bits per heavy atom. The van der Waals surface area contributed by atoms with Crippen molar-refractivity contribution in [1.82, 2.24) is 15.2 Å². The van der Waals surface area contributed by atoms with Crippen molar-refractivity contribution in [3.8, 4) is 0 Å². The van der Waals surface area contributed by atoms with Crippen molar-refractivity contribution in [2.75, 3.05) is 26.3 Å². The van der Waals surface area contributed by atoms with E-state index in [1.807, 2.05) is 26.1 Å². The van der Waals surface area contributed by atoms with Gasteiger partial charge in [-0.3, -0.25) is 14.7 Å². The number of amides is 1. The van der Waals surface area contributed by atoms with Crippen LogP contribution in [0.15, 0.2) is 24.5 Å². The van der Waals surface area contributed by atoms with E-state index in [0.717, 1.165) is 45.7 Å². The molecule has 1 N–H and O–H groups in total. The van der Waals surface area contributed by atoms with Crippen molar-refractivity contribution in [2.24, 2.45) is 11.3 Å². The van der Waals surface area contributed by atoms with Crippen molar-refractivity contribution in [3.63, 3.8) is 0 Å². The van der Waals surface area contributed by atoms with Crippen molar-refractivity contribution in [1.29, 1.82) is 0 Å². The Bertz CT molecular complexity index is 526. The highest BCUT2D eigenvalue weighted by atomic mass is 16.5. The molecule has 126 valence electrons. The van der Waals surface area contributed by atoms with Gasteiger partial charge in [-0.15, -0.1) is 0 Å². The minimum Gasteiger partial charge on any atom is -0.381 e. The SMILES string of the molecule is CC(C)NC(=O)C1CN(Cc2cccnc2)CC12CCOCC2. The number of nitrogens with zero attached hydrogens (tertiary/aromatic N) is 2. The van der Waals surface area contributed by atoms with Crippen LogP contribution in [0.5, 0.6) is 0 Å². The molecule has 2 saturated heterocycles. The van der Waals surface area contributed by atoms with Crippen LogP contribution in [0.25, 0.3) is 0 Å². The number of pyridine rings is 1. The van der Waals surface area contributed by atoms with Crippen LogP contribution in [0.3, 0.4) is 0 Å². The summed E-state index contributed by atoms with van der Waals surface area (Å²) in [5.74, 6) is 0.265. The summed E-state index contributed by atoms with van der Waals surface area (Å²) in [5, 5.41) is 3.12. The molecule has 2 fully saturated rings. The largest absolute Gasteiger partial charge is 0.381 e. The maximum atomic E-state index is 12.7. The lowest BCUT2D eigenvalue weighted by Gasteiger charge is -2.37. The van der Waals surface area contributed by atoms with E-state index in [-0.39, 0.29) is 23.3 Å². The summed E-state index contributed by atoms with van der Waals surface area (Å²) in [6, 6.07) is 4.26. The second-order valence-corrected chi connectivity index (χ2v) is 7.22. The van der Waals surface area contributed by atoms with Gasteiger partial charge in [0.2, 0.25) is 5.91 Å². The van der Waals surface area contributed by atoms with Gasteiger partial charge in [0.05, 0.1) is 5.92 Å². The van der Waals surface area contributed by atoms with Gasteiger partial charge in [-0.05, 0) is 38.3 Å². The predicted molar refractivity (Wildman–Crippen MR) is 88.8 cm³/mol. The Morgan fingerprint density at radius 1 is 1.48 bits per heavy atom. The van der Waals surface area contributed by atoms with Crippen LogP contribution in [-0.4, -0.2) is 48.1 Å². The third kappa shape index (κ3) is 3.72. The van der Waals surface area contributed by atoms with Gasteiger partial charge in [0.15, 0.2) is 0 Å². The van der Waals surface area contributed by atoms with Gasteiger partial charge in [0.25, 0.3) is 0 Å². The number of carbonyl (C=O) groups excluding carboxylic acids is 1. The molecule has 2 aliphatic rings. The molecule has 0 aliphatic carbocycles. The number of hydrogen-bond donors (Lipinski definition) is 1. The lowest BCUT2D eigenvalue weighted by molar-refractivity contribution is -0.130. The molecule has 1 aromatic heterocycles. The van der Waals surface area contributed by atoms with Crippen LogP contribution in [0.1, 0.15) is 32.3 Å². The van der Waals surface area contributed by atoms with Gasteiger partial charge in [-0.2, -0.15) is 0 Å². The summed E-state index contributed by atoms with van der Waals surface area (Å²) >= 11 is 0. The van der Waals surface area contributed by atoms with E-state index >= 15 is 0 Å². The zero-order valence-corrected chi connectivity index (χ0v) is 14.1.